The Hall–Kier alpha value is -4.48. The van der Waals surface area contributed by atoms with Crippen molar-refractivity contribution in [3.05, 3.63) is 110 Å². The average molecular weight is 670 g/mol. The molecule has 3 atom stereocenters. The molecule has 2 unspecified atom stereocenters. The van der Waals surface area contributed by atoms with Crippen molar-refractivity contribution in [3.63, 3.8) is 0 Å². The Morgan fingerprint density at radius 2 is 1.55 bits per heavy atom. The van der Waals surface area contributed by atoms with Crippen molar-refractivity contribution in [2.24, 2.45) is 5.92 Å². The Kier molecular flexibility index (Phi) is 8.71. The maximum Gasteiger partial charge on any atom is 0.338 e. The van der Waals surface area contributed by atoms with Gasteiger partial charge < -0.3 is 10.1 Å². The number of ether oxygens (including phenoxy) is 1. The van der Waals surface area contributed by atoms with Crippen LogP contribution in [-0.4, -0.2) is 40.1 Å². The van der Waals surface area contributed by atoms with E-state index in [1.165, 1.54) is 21.2 Å². The highest BCUT2D eigenvalue weighted by Gasteiger charge is 2.56. The van der Waals surface area contributed by atoms with E-state index in [0.29, 0.717) is 26.8 Å². The Balaban J connectivity index is 1.35. The number of hydrogen-bond donors (Lipinski definition) is 1. The Bertz CT molecular complexity index is 1920. The monoisotopic (exact) mass is 669 g/mol. The smallest absolute Gasteiger partial charge is 0.338 e. The number of fused-ring (bicyclic) bond motifs is 2. The molecular formula is C36H35N3O6S2. The first-order chi connectivity index (χ1) is 22.4. The lowest BCUT2D eigenvalue weighted by atomic mass is 9.81. The fourth-order valence-electron chi connectivity index (χ4n) is 6.00. The summed E-state index contributed by atoms with van der Waals surface area (Å²) in [4.78, 5) is 68.5. The number of imide groups is 1. The molecule has 11 heteroatoms. The number of aromatic nitrogens is 1. The number of benzene rings is 3. The normalized spacial score (nSPS) is 18.9. The first kappa shape index (κ1) is 32.5. The molecule has 9 nitrogen and oxygen atoms in total. The second-order valence-corrected chi connectivity index (χ2v) is 14.9. The molecular weight excluding hydrogens is 635 g/mol. The quantitative estimate of drug-likeness (QED) is 0.186. The van der Waals surface area contributed by atoms with Gasteiger partial charge in [-0.3, -0.25) is 23.7 Å². The third kappa shape index (κ3) is 6.17. The number of carbonyl (C=O) groups excluding carboxylic acids is 4. The minimum Gasteiger partial charge on any atom is -0.462 e. The number of thiazole rings is 1. The van der Waals surface area contributed by atoms with Gasteiger partial charge in [-0.25, -0.2) is 9.69 Å². The summed E-state index contributed by atoms with van der Waals surface area (Å²) in [6, 6.07) is 21.6. The molecule has 2 aliphatic heterocycles. The average Bonchev–Trinajstić information content (AvgIpc) is 3.47. The molecule has 242 valence electrons. The number of nitrogens with zero attached hydrogens (tertiary/aromatic N) is 2. The molecule has 1 saturated heterocycles. The van der Waals surface area contributed by atoms with Crippen molar-refractivity contribution in [3.8, 4) is 0 Å². The summed E-state index contributed by atoms with van der Waals surface area (Å²) in [5.74, 6) is -2.81. The third-order valence-corrected chi connectivity index (χ3v) is 11.1. The summed E-state index contributed by atoms with van der Waals surface area (Å²) >= 11 is 2.19. The van der Waals surface area contributed by atoms with E-state index in [2.05, 4.69) is 26.1 Å². The number of amides is 3. The number of rotatable bonds is 7. The molecule has 47 heavy (non-hydrogen) atoms. The van der Waals surface area contributed by atoms with Crippen LogP contribution in [0.15, 0.2) is 82.6 Å². The summed E-state index contributed by atoms with van der Waals surface area (Å²) in [7, 11) is 0. The van der Waals surface area contributed by atoms with Crippen LogP contribution >= 0.6 is 23.1 Å². The number of nitrogens with one attached hydrogen (secondary N) is 1. The van der Waals surface area contributed by atoms with Gasteiger partial charge in [0.25, 0.3) is 0 Å². The maximum absolute atomic E-state index is 14.1. The van der Waals surface area contributed by atoms with Gasteiger partial charge in [0, 0.05) is 16.5 Å². The van der Waals surface area contributed by atoms with Gasteiger partial charge in [-0.2, -0.15) is 0 Å². The van der Waals surface area contributed by atoms with Crippen molar-refractivity contribution in [2.45, 2.75) is 62.8 Å². The minimum absolute atomic E-state index is 0.0866. The largest absolute Gasteiger partial charge is 0.462 e. The van der Waals surface area contributed by atoms with Gasteiger partial charge in [0.05, 0.1) is 28.8 Å². The van der Waals surface area contributed by atoms with Crippen LogP contribution in [0.3, 0.4) is 0 Å². The Labute approximate surface area is 280 Å². The van der Waals surface area contributed by atoms with Crippen molar-refractivity contribution >= 4 is 58.2 Å². The first-order valence-corrected chi connectivity index (χ1v) is 17.1. The predicted molar refractivity (Wildman–Crippen MR) is 183 cm³/mol. The summed E-state index contributed by atoms with van der Waals surface area (Å²) in [6.45, 7) is 10.0. The molecule has 1 aromatic heterocycles. The molecule has 1 fully saturated rings. The Morgan fingerprint density at radius 3 is 2.17 bits per heavy atom. The van der Waals surface area contributed by atoms with Crippen molar-refractivity contribution in [2.75, 3.05) is 16.8 Å². The predicted octanol–water partition coefficient (Wildman–Crippen LogP) is 6.13. The fourth-order valence-corrected chi connectivity index (χ4v) is 8.77. The zero-order valence-corrected chi connectivity index (χ0v) is 28.4. The van der Waals surface area contributed by atoms with Crippen LogP contribution in [0, 0.1) is 12.8 Å². The maximum atomic E-state index is 14.1. The number of carbonyl (C=O) groups is 4. The zero-order valence-electron chi connectivity index (χ0n) is 26.7. The summed E-state index contributed by atoms with van der Waals surface area (Å²) in [5, 5.41) is 2.53. The number of thioether (sulfide) groups is 1. The first-order valence-electron chi connectivity index (χ1n) is 15.4. The highest BCUT2D eigenvalue weighted by Crippen LogP contribution is 2.54. The van der Waals surface area contributed by atoms with E-state index < -0.39 is 29.0 Å². The van der Waals surface area contributed by atoms with Gasteiger partial charge in [0.15, 0.2) is 0 Å². The molecule has 0 aliphatic carbocycles. The van der Waals surface area contributed by atoms with Crippen LogP contribution in [0.4, 0.5) is 11.4 Å². The number of esters is 1. The molecule has 1 N–H and O–H groups in total. The van der Waals surface area contributed by atoms with E-state index in [1.807, 2.05) is 43.3 Å². The molecule has 0 saturated carbocycles. The van der Waals surface area contributed by atoms with Crippen LogP contribution < -0.4 is 15.1 Å². The van der Waals surface area contributed by atoms with E-state index >= 15 is 0 Å². The molecule has 4 aromatic rings. The molecule has 3 aromatic carbocycles. The topological polar surface area (TPSA) is 115 Å². The molecule has 0 bridgehead atoms. The lowest BCUT2D eigenvalue weighted by Crippen LogP contribution is -2.33. The molecule has 6 rings (SSSR count). The van der Waals surface area contributed by atoms with Crippen LogP contribution in [0.5, 0.6) is 0 Å². The number of anilines is 2. The lowest BCUT2D eigenvalue weighted by molar-refractivity contribution is -0.122. The summed E-state index contributed by atoms with van der Waals surface area (Å²) in [6.07, 6.45) is 0. The van der Waals surface area contributed by atoms with Crippen molar-refractivity contribution in [1.82, 2.24) is 4.57 Å². The van der Waals surface area contributed by atoms with Gasteiger partial charge in [0.2, 0.25) is 17.7 Å². The summed E-state index contributed by atoms with van der Waals surface area (Å²) in [5.41, 5.74) is 4.20. The van der Waals surface area contributed by atoms with Gasteiger partial charge in [-0.05, 0) is 66.8 Å². The second-order valence-electron chi connectivity index (χ2n) is 12.7. The van der Waals surface area contributed by atoms with E-state index in [0.717, 1.165) is 28.0 Å². The molecule has 2 aliphatic rings. The minimum atomic E-state index is -0.776. The van der Waals surface area contributed by atoms with Crippen molar-refractivity contribution in [1.29, 1.82) is 0 Å². The highest BCUT2D eigenvalue weighted by molar-refractivity contribution is 8.00. The molecule has 0 spiro atoms. The van der Waals surface area contributed by atoms with Gasteiger partial charge >= 0.3 is 10.8 Å². The van der Waals surface area contributed by atoms with E-state index in [4.69, 9.17) is 4.74 Å². The standard InChI is InChI=1S/C36H35N3O6S2/c1-6-45-34(43)22-11-15-24(16-12-22)37-26(40)19-38-33-30(47-35(38)44)27(21-9-13-23(14-10-21)36(3,4)5)28-29(46-33)32(42)39(31(28)41)25-17-7-20(2)8-18-25/h7-18,27-29H,6,19H2,1-5H3,(H,37,40)/t27-,28?,29?/m1/s1. The van der Waals surface area contributed by atoms with Crippen LogP contribution in [-0.2, 0) is 31.1 Å². The van der Waals surface area contributed by atoms with Crippen molar-refractivity contribution < 1.29 is 23.9 Å². The second kappa shape index (κ2) is 12.6. The van der Waals surface area contributed by atoms with Gasteiger partial charge in [-0.15, -0.1) is 0 Å². The molecule has 3 amide bonds. The number of hydrogen-bond acceptors (Lipinski definition) is 8. The number of aryl methyl sites for hydroxylation is 1. The van der Waals surface area contributed by atoms with E-state index in [-0.39, 0.29) is 35.3 Å². The van der Waals surface area contributed by atoms with Crippen LogP contribution in [0.25, 0.3) is 0 Å². The summed E-state index contributed by atoms with van der Waals surface area (Å²) < 4.78 is 6.41. The highest BCUT2D eigenvalue weighted by atomic mass is 32.2. The van der Waals surface area contributed by atoms with E-state index in [9.17, 15) is 24.0 Å². The van der Waals surface area contributed by atoms with Crippen LogP contribution in [0.1, 0.15) is 65.5 Å². The lowest BCUT2D eigenvalue weighted by Gasteiger charge is -2.31. The van der Waals surface area contributed by atoms with Gasteiger partial charge in [0.1, 0.15) is 11.8 Å². The third-order valence-electron chi connectivity index (χ3n) is 8.46. The Morgan fingerprint density at radius 1 is 0.894 bits per heavy atom. The van der Waals surface area contributed by atoms with Gasteiger partial charge in [-0.1, -0.05) is 85.8 Å². The zero-order chi connectivity index (χ0) is 33.6. The van der Waals surface area contributed by atoms with Crippen LogP contribution in [0.2, 0.25) is 0 Å². The molecule has 0 radical (unpaired) electrons. The SMILES string of the molecule is CCOC(=O)c1ccc(NC(=O)Cn2c3c(sc2=O)[C@H](c2ccc(C(C)(C)C)cc2)C2C(=O)N(c4ccc(C)cc4)C(=O)C2S3)cc1. The molecule has 3 heterocycles. The van der Waals surface area contributed by atoms with E-state index in [1.54, 1.807) is 43.3 Å². The fraction of sp³-hybridized carbons (Fsp3) is 0.306.